The van der Waals surface area contributed by atoms with Gasteiger partial charge >= 0.3 is 11.9 Å². The molecule has 88 valence electrons. The maximum atomic E-state index is 11.3. The van der Waals surface area contributed by atoms with Crippen molar-refractivity contribution in [3.63, 3.8) is 0 Å². The molecular formula is C10H9N3O4. The lowest BCUT2D eigenvalue weighted by molar-refractivity contribution is -0.160. The number of esters is 2. The third-order valence-electron chi connectivity index (χ3n) is 1.67. The molecular weight excluding hydrogens is 226 g/mol. The molecule has 0 saturated carbocycles. The number of hydrogen-bond donors (Lipinski definition) is 0. The third-order valence-corrected chi connectivity index (χ3v) is 1.67. The van der Waals surface area contributed by atoms with Crippen molar-refractivity contribution in [1.82, 2.24) is 0 Å². The Bertz CT molecular complexity index is 369. The zero-order valence-corrected chi connectivity index (χ0v) is 8.88. The molecule has 0 aromatic carbocycles. The number of nitriles is 3. The number of hydrogen-bond acceptors (Lipinski definition) is 7. The Morgan fingerprint density at radius 3 is 1.76 bits per heavy atom. The average Bonchev–Trinajstić information content (AvgIpc) is 2.34. The first kappa shape index (κ1) is 14.4. The molecule has 0 rings (SSSR count). The maximum Gasteiger partial charge on any atom is 0.321 e. The van der Waals surface area contributed by atoms with E-state index >= 15 is 0 Å². The summed E-state index contributed by atoms with van der Waals surface area (Å²) in [7, 11) is 0. The minimum Gasteiger partial charge on any atom is -0.450 e. The van der Waals surface area contributed by atoms with Crippen LogP contribution >= 0.6 is 0 Å². The molecule has 0 heterocycles. The molecule has 0 aromatic heterocycles. The summed E-state index contributed by atoms with van der Waals surface area (Å²) < 4.78 is 8.92. The molecule has 0 aromatic rings. The Hall–Kier alpha value is -2.59. The predicted octanol–water partition coefficient (Wildman–Crippen LogP) is 0.0399. The van der Waals surface area contributed by atoms with Gasteiger partial charge in [-0.3, -0.25) is 9.59 Å². The van der Waals surface area contributed by atoms with Crippen molar-refractivity contribution >= 4 is 11.9 Å². The summed E-state index contributed by atoms with van der Waals surface area (Å²) in [5.74, 6) is -3.12. The van der Waals surface area contributed by atoms with Gasteiger partial charge in [0.2, 0.25) is 0 Å². The summed E-state index contributed by atoms with van der Waals surface area (Å²) in [6.45, 7) is -0.958. The molecule has 0 aliphatic heterocycles. The van der Waals surface area contributed by atoms with Gasteiger partial charge in [-0.15, -0.1) is 0 Å². The van der Waals surface area contributed by atoms with Gasteiger partial charge in [0.05, 0.1) is 6.07 Å². The lowest BCUT2D eigenvalue weighted by Crippen LogP contribution is -2.28. The van der Waals surface area contributed by atoms with E-state index in [1.54, 1.807) is 18.2 Å². The van der Waals surface area contributed by atoms with Gasteiger partial charge in [0.1, 0.15) is 12.1 Å². The van der Waals surface area contributed by atoms with Crippen molar-refractivity contribution in [3.05, 3.63) is 0 Å². The Morgan fingerprint density at radius 2 is 1.41 bits per heavy atom. The topological polar surface area (TPSA) is 124 Å². The molecule has 7 nitrogen and oxygen atoms in total. The largest absolute Gasteiger partial charge is 0.450 e. The summed E-state index contributed by atoms with van der Waals surface area (Å²) in [6, 6.07) is 4.93. The number of carbonyl (C=O) groups excluding carboxylic acids is 2. The molecule has 0 N–H and O–H groups in total. The highest BCUT2D eigenvalue weighted by molar-refractivity contribution is 5.95. The monoisotopic (exact) mass is 235 g/mol. The van der Waals surface area contributed by atoms with Crippen LogP contribution in [-0.2, 0) is 19.1 Å². The lowest BCUT2D eigenvalue weighted by Gasteiger charge is -2.11. The van der Waals surface area contributed by atoms with E-state index < -0.39 is 31.1 Å². The summed E-state index contributed by atoms with van der Waals surface area (Å²) in [4.78, 5) is 22.7. The zero-order chi connectivity index (χ0) is 13.1. The van der Waals surface area contributed by atoms with Gasteiger partial charge in [-0.1, -0.05) is 0 Å². The first-order chi connectivity index (χ1) is 8.17. The second-order valence-electron chi connectivity index (χ2n) is 2.78. The molecule has 0 amide bonds. The summed E-state index contributed by atoms with van der Waals surface area (Å²) in [5.41, 5.74) is 0. The average molecular weight is 235 g/mol. The van der Waals surface area contributed by atoms with Crippen LogP contribution in [0.15, 0.2) is 0 Å². The fourth-order valence-electron chi connectivity index (χ4n) is 0.949. The van der Waals surface area contributed by atoms with Gasteiger partial charge in [-0.25, -0.2) is 0 Å². The Balaban J connectivity index is 4.48. The van der Waals surface area contributed by atoms with E-state index in [-0.39, 0.29) is 12.8 Å². The minimum absolute atomic E-state index is 0.0338. The summed E-state index contributed by atoms with van der Waals surface area (Å²) in [5, 5.41) is 24.8. The van der Waals surface area contributed by atoms with Crippen LogP contribution in [0.1, 0.15) is 12.8 Å². The first-order valence-electron chi connectivity index (χ1n) is 4.61. The van der Waals surface area contributed by atoms with E-state index in [9.17, 15) is 9.59 Å². The first-order valence-corrected chi connectivity index (χ1v) is 4.61. The van der Waals surface area contributed by atoms with Crippen LogP contribution in [0.3, 0.4) is 0 Å². The van der Waals surface area contributed by atoms with E-state index in [0.29, 0.717) is 0 Å². The van der Waals surface area contributed by atoms with Crippen LogP contribution in [0.4, 0.5) is 0 Å². The molecule has 0 aliphatic rings. The zero-order valence-electron chi connectivity index (χ0n) is 8.88. The highest BCUT2D eigenvalue weighted by Crippen LogP contribution is 2.11. The molecule has 17 heavy (non-hydrogen) atoms. The molecule has 0 bridgehead atoms. The van der Waals surface area contributed by atoms with Gasteiger partial charge in [0.15, 0.2) is 19.1 Å². The van der Waals surface area contributed by atoms with Gasteiger partial charge in [-0.05, 0) is 6.42 Å². The molecule has 0 fully saturated rings. The smallest absolute Gasteiger partial charge is 0.321 e. The second-order valence-corrected chi connectivity index (χ2v) is 2.78. The van der Waals surface area contributed by atoms with Gasteiger partial charge < -0.3 is 9.47 Å². The van der Waals surface area contributed by atoms with E-state index in [1.165, 1.54) is 0 Å². The van der Waals surface area contributed by atoms with E-state index in [2.05, 4.69) is 9.47 Å². The molecule has 0 spiro atoms. The van der Waals surface area contributed by atoms with E-state index in [4.69, 9.17) is 15.8 Å². The number of carbonyl (C=O) groups is 2. The quantitative estimate of drug-likeness (QED) is 0.470. The molecule has 0 atom stereocenters. The van der Waals surface area contributed by atoms with Gasteiger partial charge in [0, 0.05) is 6.42 Å². The molecule has 0 radical (unpaired) electrons. The standard InChI is InChI=1S/C10H9N3O4/c11-3-1-2-8(9(14)16-6-4-12)10(15)17-7-5-13/h8H,1-2,6-7H2. The van der Waals surface area contributed by atoms with Crippen molar-refractivity contribution in [1.29, 1.82) is 15.8 Å². The summed E-state index contributed by atoms with van der Waals surface area (Å²) >= 11 is 0. The van der Waals surface area contributed by atoms with Crippen molar-refractivity contribution in [2.24, 2.45) is 5.92 Å². The Morgan fingerprint density at radius 1 is 0.941 bits per heavy atom. The highest BCUT2D eigenvalue weighted by atomic mass is 16.6. The molecule has 7 heteroatoms. The van der Waals surface area contributed by atoms with E-state index in [0.717, 1.165) is 0 Å². The van der Waals surface area contributed by atoms with E-state index in [1.807, 2.05) is 0 Å². The Kier molecular flexibility index (Phi) is 7.37. The van der Waals surface area contributed by atoms with Gasteiger partial charge in [0.25, 0.3) is 0 Å². The Labute approximate surface area is 97.8 Å². The van der Waals surface area contributed by atoms with Crippen LogP contribution in [0.25, 0.3) is 0 Å². The van der Waals surface area contributed by atoms with Crippen molar-refractivity contribution in [2.45, 2.75) is 12.8 Å². The minimum atomic E-state index is -1.27. The van der Waals surface area contributed by atoms with Crippen molar-refractivity contribution in [3.8, 4) is 18.2 Å². The van der Waals surface area contributed by atoms with Crippen LogP contribution in [0.5, 0.6) is 0 Å². The fraction of sp³-hybridized carbons (Fsp3) is 0.500. The third kappa shape index (κ3) is 5.76. The maximum absolute atomic E-state index is 11.3. The number of ether oxygens (including phenoxy) is 2. The summed E-state index contributed by atoms with van der Waals surface area (Å²) in [6.07, 6.45) is -0.0982. The number of nitrogens with zero attached hydrogens (tertiary/aromatic N) is 3. The molecule has 0 aliphatic carbocycles. The van der Waals surface area contributed by atoms with Crippen LogP contribution < -0.4 is 0 Å². The molecule has 0 unspecified atom stereocenters. The highest BCUT2D eigenvalue weighted by Gasteiger charge is 2.29. The van der Waals surface area contributed by atoms with Crippen LogP contribution in [-0.4, -0.2) is 25.2 Å². The SMILES string of the molecule is N#CCCC(C(=O)OCC#N)C(=O)OCC#N. The molecule has 0 saturated heterocycles. The van der Waals surface area contributed by atoms with Crippen LogP contribution in [0, 0.1) is 39.9 Å². The number of rotatable bonds is 6. The van der Waals surface area contributed by atoms with Gasteiger partial charge in [-0.2, -0.15) is 15.8 Å². The van der Waals surface area contributed by atoms with Crippen LogP contribution in [0.2, 0.25) is 0 Å². The predicted molar refractivity (Wildman–Crippen MR) is 51.5 cm³/mol. The fourth-order valence-corrected chi connectivity index (χ4v) is 0.949. The lowest BCUT2D eigenvalue weighted by atomic mass is 10.0. The normalized spacial score (nSPS) is 8.59. The van der Waals surface area contributed by atoms with Crippen molar-refractivity contribution in [2.75, 3.05) is 13.2 Å². The van der Waals surface area contributed by atoms with Crippen molar-refractivity contribution < 1.29 is 19.1 Å². The second kappa shape index (κ2) is 8.70.